The van der Waals surface area contributed by atoms with Gasteiger partial charge in [-0.25, -0.2) is 14.5 Å². The molecule has 3 rings (SSSR count). The number of pyridine rings is 1. The molecule has 0 aliphatic rings. The molecule has 0 unspecified atom stereocenters. The molecule has 2 aromatic heterocycles. The Labute approximate surface area is 152 Å². The highest BCUT2D eigenvalue weighted by Gasteiger charge is 2.19. The van der Waals surface area contributed by atoms with Gasteiger partial charge in [-0.2, -0.15) is 5.10 Å². The first-order valence-electron chi connectivity index (χ1n) is 8.80. The van der Waals surface area contributed by atoms with Crippen LogP contribution in [0.3, 0.4) is 0 Å². The van der Waals surface area contributed by atoms with Gasteiger partial charge in [-0.15, -0.1) is 0 Å². The van der Waals surface area contributed by atoms with Crippen molar-refractivity contribution in [1.82, 2.24) is 14.8 Å². The highest BCUT2D eigenvalue weighted by molar-refractivity contribution is 6.05. The summed E-state index contributed by atoms with van der Waals surface area (Å²) in [6.45, 7) is 7.71. The molecule has 0 fully saturated rings. The first-order valence-corrected chi connectivity index (χ1v) is 8.80. The van der Waals surface area contributed by atoms with E-state index in [1.165, 1.54) is 0 Å². The van der Waals surface area contributed by atoms with E-state index in [0.29, 0.717) is 24.4 Å². The quantitative estimate of drug-likeness (QED) is 0.629. The van der Waals surface area contributed by atoms with Crippen molar-refractivity contribution < 1.29 is 9.53 Å². The van der Waals surface area contributed by atoms with Gasteiger partial charge in [0.05, 0.1) is 23.9 Å². The number of hydrogen-bond donors (Lipinski definition) is 2. The Kier molecular flexibility index (Phi) is 5.36. The molecule has 0 bridgehead atoms. The zero-order chi connectivity index (χ0) is 18.5. The van der Waals surface area contributed by atoms with Crippen molar-refractivity contribution in [2.45, 2.75) is 27.3 Å². The van der Waals surface area contributed by atoms with Crippen LogP contribution in [0.5, 0.6) is 0 Å². The second-order valence-electron chi connectivity index (χ2n) is 5.70. The lowest BCUT2D eigenvalue weighted by molar-refractivity contribution is 0.0527. The van der Waals surface area contributed by atoms with Gasteiger partial charge in [-0.05, 0) is 45.0 Å². The van der Waals surface area contributed by atoms with Crippen LogP contribution >= 0.6 is 0 Å². The molecule has 26 heavy (non-hydrogen) atoms. The predicted octanol–water partition coefficient (Wildman–Crippen LogP) is 3.80. The minimum absolute atomic E-state index is 0.307. The third kappa shape index (κ3) is 3.46. The monoisotopic (exact) mass is 353 g/mol. The molecular weight excluding hydrogens is 330 g/mol. The number of esters is 1. The summed E-state index contributed by atoms with van der Waals surface area (Å²) in [5.41, 5.74) is 3.69. The van der Waals surface area contributed by atoms with Gasteiger partial charge in [0.1, 0.15) is 5.56 Å². The zero-order valence-corrected chi connectivity index (χ0v) is 15.2. The fourth-order valence-electron chi connectivity index (χ4n) is 2.78. The van der Waals surface area contributed by atoms with Gasteiger partial charge < -0.3 is 15.4 Å². The molecule has 136 valence electrons. The number of fused-ring (bicyclic) bond motifs is 1. The molecule has 0 saturated carbocycles. The lowest BCUT2D eigenvalue weighted by Gasteiger charge is -2.13. The SMILES string of the molecule is CCNc1ccc(Nc2c(C(=O)OCC)cnc3c2cnn3CC)cc1. The smallest absolute Gasteiger partial charge is 0.341 e. The molecule has 2 heterocycles. The molecule has 1 aromatic carbocycles. The van der Waals surface area contributed by atoms with E-state index in [9.17, 15) is 4.79 Å². The number of nitrogens with one attached hydrogen (secondary N) is 2. The number of anilines is 3. The van der Waals surface area contributed by atoms with Gasteiger partial charge in [-0.3, -0.25) is 0 Å². The first kappa shape index (κ1) is 17.7. The summed E-state index contributed by atoms with van der Waals surface area (Å²) in [7, 11) is 0. The van der Waals surface area contributed by atoms with E-state index < -0.39 is 5.97 Å². The van der Waals surface area contributed by atoms with Gasteiger partial charge >= 0.3 is 5.97 Å². The van der Waals surface area contributed by atoms with Crippen LogP contribution < -0.4 is 10.6 Å². The van der Waals surface area contributed by atoms with Gasteiger partial charge in [0.25, 0.3) is 0 Å². The van der Waals surface area contributed by atoms with Crippen LogP contribution in [0.2, 0.25) is 0 Å². The molecule has 0 amide bonds. The molecule has 3 aromatic rings. The maximum absolute atomic E-state index is 12.4. The van der Waals surface area contributed by atoms with Crippen LogP contribution in [0.15, 0.2) is 36.7 Å². The molecule has 2 N–H and O–H groups in total. The van der Waals surface area contributed by atoms with Crippen LogP contribution in [-0.4, -0.2) is 33.9 Å². The van der Waals surface area contributed by atoms with Gasteiger partial charge in [0.2, 0.25) is 0 Å². The van der Waals surface area contributed by atoms with Crippen LogP contribution in [0, 0.1) is 0 Å². The average Bonchev–Trinajstić information content (AvgIpc) is 3.07. The topological polar surface area (TPSA) is 81.1 Å². The fraction of sp³-hybridized carbons (Fsp3) is 0.316. The predicted molar refractivity (Wildman–Crippen MR) is 103 cm³/mol. The maximum Gasteiger partial charge on any atom is 0.341 e. The molecule has 0 radical (unpaired) electrons. The summed E-state index contributed by atoms with van der Waals surface area (Å²) in [5.74, 6) is -0.405. The summed E-state index contributed by atoms with van der Waals surface area (Å²) in [6.07, 6.45) is 3.27. The van der Waals surface area contributed by atoms with Crippen molar-refractivity contribution in [3.8, 4) is 0 Å². The molecular formula is C19H23N5O2. The second-order valence-corrected chi connectivity index (χ2v) is 5.70. The highest BCUT2D eigenvalue weighted by Crippen LogP contribution is 2.30. The number of hydrogen-bond acceptors (Lipinski definition) is 6. The summed E-state index contributed by atoms with van der Waals surface area (Å²) in [4.78, 5) is 16.8. The van der Waals surface area contributed by atoms with Gasteiger partial charge in [0, 0.05) is 30.7 Å². The van der Waals surface area contributed by atoms with E-state index in [2.05, 4.69) is 27.6 Å². The number of aromatic nitrogens is 3. The normalized spacial score (nSPS) is 10.7. The van der Waals surface area contributed by atoms with Gasteiger partial charge in [0.15, 0.2) is 5.65 Å². The maximum atomic E-state index is 12.4. The molecule has 0 saturated heterocycles. The summed E-state index contributed by atoms with van der Waals surface area (Å²) < 4.78 is 6.98. The van der Waals surface area contributed by atoms with E-state index in [1.54, 1.807) is 24.0 Å². The summed E-state index contributed by atoms with van der Waals surface area (Å²) in [5, 5.41) is 11.7. The van der Waals surface area contributed by atoms with Crippen molar-refractivity contribution in [2.24, 2.45) is 0 Å². The molecule has 7 nitrogen and oxygen atoms in total. The number of aryl methyl sites for hydroxylation is 1. The third-order valence-electron chi connectivity index (χ3n) is 4.00. The number of carbonyl (C=O) groups is 1. The van der Waals surface area contributed by atoms with Crippen LogP contribution in [0.1, 0.15) is 31.1 Å². The minimum Gasteiger partial charge on any atom is -0.462 e. The van der Waals surface area contributed by atoms with Crippen LogP contribution in [0.25, 0.3) is 11.0 Å². The first-order chi connectivity index (χ1) is 12.7. The Morgan fingerprint density at radius 3 is 2.50 bits per heavy atom. The Morgan fingerprint density at radius 2 is 1.85 bits per heavy atom. The Morgan fingerprint density at radius 1 is 1.12 bits per heavy atom. The molecule has 0 atom stereocenters. The van der Waals surface area contributed by atoms with Crippen LogP contribution in [-0.2, 0) is 11.3 Å². The van der Waals surface area contributed by atoms with E-state index in [1.807, 2.05) is 31.2 Å². The Balaban J connectivity index is 2.04. The lowest BCUT2D eigenvalue weighted by atomic mass is 10.1. The summed E-state index contributed by atoms with van der Waals surface area (Å²) in [6, 6.07) is 7.90. The van der Waals surface area contributed by atoms with E-state index in [-0.39, 0.29) is 0 Å². The largest absolute Gasteiger partial charge is 0.462 e. The van der Waals surface area contributed by atoms with E-state index in [0.717, 1.165) is 29.0 Å². The van der Waals surface area contributed by atoms with Crippen molar-refractivity contribution in [2.75, 3.05) is 23.8 Å². The number of benzene rings is 1. The zero-order valence-electron chi connectivity index (χ0n) is 15.2. The van der Waals surface area contributed by atoms with Crippen LogP contribution in [0.4, 0.5) is 17.1 Å². The fourth-order valence-corrected chi connectivity index (χ4v) is 2.78. The molecule has 7 heteroatoms. The number of ether oxygens (including phenoxy) is 1. The minimum atomic E-state index is -0.405. The molecule has 0 aliphatic carbocycles. The van der Waals surface area contributed by atoms with Crippen molar-refractivity contribution in [1.29, 1.82) is 0 Å². The number of carbonyl (C=O) groups excluding carboxylic acids is 1. The van der Waals surface area contributed by atoms with Crippen molar-refractivity contribution in [3.05, 3.63) is 42.2 Å². The van der Waals surface area contributed by atoms with Gasteiger partial charge in [-0.1, -0.05) is 0 Å². The number of rotatable bonds is 7. The van der Waals surface area contributed by atoms with Crippen molar-refractivity contribution in [3.63, 3.8) is 0 Å². The Hall–Kier alpha value is -3.09. The summed E-state index contributed by atoms with van der Waals surface area (Å²) >= 11 is 0. The highest BCUT2D eigenvalue weighted by atomic mass is 16.5. The number of nitrogens with zero attached hydrogens (tertiary/aromatic N) is 3. The van der Waals surface area contributed by atoms with E-state index in [4.69, 9.17) is 4.74 Å². The lowest BCUT2D eigenvalue weighted by Crippen LogP contribution is -2.09. The Bertz CT molecular complexity index is 902. The van der Waals surface area contributed by atoms with E-state index >= 15 is 0 Å². The molecule has 0 aliphatic heterocycles. The molecule has 0 spiro atoms. The standard InChI is InChI=1S/C19H23N5O2/c1-4-20-13-7-9-14(10-8-13)23-17-15-12-22-24(5-2)18(15)21-11-16(17)19(25)26-6-3/h7-12,20H,4-6H2,1-3H3,(H,21,23). The second kappa shape index (κ2) is 7.86. The average molecular weight is 353 g/mol. The third-order valence-corrected chi connectivity index (χ3v) is 4.00. The van der Waals surface area contributed by atoms with Crippen molar-refractivity contribution >= 4 is 34.1 Å².